The van der Waals surface area contributed by atoms with Gasteiger partial charge in [0.1, 0.15) is 22.4 Å². The van der Waals surface area contributed by atoms with Crippen LogP contribution in [0.15, 0.2) is 83.8 Å². The molecule has 2 fully saturated rings. The number of hydrogen-bond acceptors (Lipinski definition) is 7. The summed E-state index contributed by atoms with van der Waals surface area (Å²) in [5, 5.41) is 7.91. The second-order valence-corrected chi connectivity index (χ2v) is 15.4. The van der Waals surface area contributed by atoms with Crippen LogP contribution in [0.5, 0.6) is 11.5 Å². The Labute approximate surface area is 307 Å². The van der Waals surface area contributed by atoms with E-state index in [-0.39, 0.29) is 34.8 Å². The van der Waals surface area contributed by atoms with Gasteiger partial charge in [-0.3, -0.25) is 9.59 Å². The number of anilines is 1. The van der Waals surface area contributed by atoms with Gasteiger partial charge in [-0.15, -0.1) is 0 Å². The second kappa shape index (κ2) is 13.5. The minimum Gasteiger partial charge on any atom is -0.451 e. The molecule has 0 bridgehead atoms. The van der Waals surface area contributed by atoms with Crippen molar-refractivity contribution in [1.29, 1.82) is 0 Å². The van der Waals surface area contributed by atoms with E-state index in [0.29, 0.717) is 36.1 Å². The van der Waals surface area contributed by atoms with E-state index in [1.165, 1.54) is 6.07 Å². The molecule has 0 saturated carbocycles. The van der Waals surface area contributed by atoms with E-state index in [9.17, 15) is 14.4 Å². The Balaban J connectivity index is 1.23. The molecular weight excluding hydrogens is 673 g/mol. The number of alkyl carbamates (subject to hydrolysis) is 1. The Morgan fingerprint density at radius 3 is 2.45 bits per heavy atom. The van der Waals surface area contributed by atoms with Crippen molar-refractivity contribution >= 4 is 39.4 Å². The summed E-state index contributed by atoms with van der Waals surface area (Å²) in [6, 6.07) is 22.7. The number of hydrogen-bond donors (Lipinski definition) is 2. The molecule has 2 saturated heterocycles. The molecule has 5 aromatic rings. The Morgan fingerprint density at radius 1 is 1.00 bits per heavy atom. The summed E-state index contributed by atoms with van der Waals surface area (Å²) < 4.78 is 30.8. The largest absolute Gasteiger partial charge is 0.451 e. The Hall–Kier alpha value is -5.42. The lowest BCUT2D eigenvalue weighted by atomic mass is 9.94. The molecule has 0 aliphatic carbocycles. The van der Waals surface area contributed by atoms with Crippen LogP contribution in [0.3, 0.4) is 0 Å². The van der Waals surface area contributed by atoms with Crippen molar-refractivity contribution in [1.82, 2.24) is 20.1 Å². The zero-order valence-corrected chi connectivity index (χ0v) is 30.4. The highest BCUT2D eigenvalue weighted by Crippen LogP contribution is 2.49. The van der Waals surface area contributed by atoms with Crippen LogP contribution in [0, 0.1) is 5.82 Å². The lowest BCUT2D eigenvalue weighted by Crippen LogP contribution is -2.42. The molecule has 3 aliphatic rings. The lowest BCUT2D eigenvalue weighted by molar-refractivity contribution is 0.0504. The predicted molar refractivity (Wildman–Crippen MR) is 204 cm³/mol. The van der Waals surface area contributed by atoms with E-state index >= 15 is 4.39 Å². The molecule has 4 aromatic carbocycles. The first-order valence-corrected chi connectivity index (χ1v) is 18.4. The highest BCUT2D eigenvalue weighted by Gasteiger charge is 2.40. The molecule has 4 heterocycles. The first-order chi connectivity index (χ1) is 25.4. The average Bonchev–Trinajstić information content (AvgIpc) is 3.73. The monoisotopic (exact) mass is 717 g/mol. The van der Waals surface area contributed by atoms with Gasteiger partial charge in [-0.2, -0.15) is 0 Å². The number of halogens is 1. The molecule has 8 rings (SSSR count). The van der Waals surface area contributed by atoms with E-state index in [4.69, 9.17) is 9.47 Å². The van der Waals surface area contributed by atoms with Crippen molar-refractivity contribution < 1.29 is 23.5 Å². The third-order valence-corrected chi connectivity index (χ3v) is 10.7. The number of amides is 2. The third kappa shape index (κ3) is 6.58. The molecule has 2 amide bonds. The van der Waals surface area contributed by atoms with Gasteiger partial charge in [-0.05, 0) is 88.2 Å². The van der Waals surface area contributed by atoms with Crippen LogP contribution >= 0.6 is 0 Å². The van der Waals surface area contributed by atoms with Gasteiger partial charge >= 0.3 is 6.09 Å². The Morgan fingerprint density at radius 2 is 1.74 bits per heavy atom. The van der Waals surface area contributed by atoms with Gasteiger partial charge < -0.3 is 34.5 Å². The maximum Gasteiger partial charge on any atom is 0.407 e. The van der Waals surface area contributed by atoms with Crippen molar-refractivity contribution in [2.75, 3.05) is 38.1 Å². The predicted octanol–water partition coefficient (Wildman–Crippen LogP) is 7.10. The van der Waals surface area contributed by atoms with Crippen molar-refractivity contribution in [2.24, 2.45) is 0 Å². The SMILES string of the molecule is CN1CCCC1CCNC(=O)c1cn2c3c(c(N4C[C@@H](NC(=O)OC(C)(C)C)[C@H](c5ccccc5)C4)c(F)cc3c1=O)Oc1cc3ccccc3cc1-2. The topological polar surface area (TPSA) is 105 Å². The number of nitrogens with zero attached hydrogens (tertiary/aromatic N) is 3. The van der Waals surface area contributed by atoms with E-state index < -0.39 is 34.9 Å². The minimum atomic E-state index is -0.698. The van der Waals surface area contributed by atoms with Crippen LogP contribution in [0.25, 0.3) is 27.4 Å². The number of fused-ring (bicyclic) bond motifs is 3. The summed E-state index contributed by atoms with van der Waals surface area (Å²) in [6.07, 6.45) is 3.98. The summed E-state index contributed by atoms with van der Waals surface area (Å²) in [7, 11) is 2.09. The van der Waals surface area contributed by atoms with Crippen molar-refractivity contribution in [3.8, 4) is 17.2 Å². The highest BCUT2D eigenvalue weighted by atomic mass is 19.1. The molecule has 274 valence electrons. The van der Waals surface area contributed by atoms with Crippen molar-refractivity contribution in [2.45, 2.75) is 63.6 Å². The number of aromatic nitrogens is 1. The first-order valence-electron chi connectivity index (χ1n) is 18.4. The van der Waals surface area contributed by atoms with Crippen LogP contribution < -0.4 is 25.7 Å². The smallest absolute Gasteiger partial charge is 0.407 e. The standard InChI is InChI=1S/C42H44FN5O5/c1-42(2,3)53-41(51)45-33-24-47(22-30(33)25-11-6-5-7-12-25)37-32(43)21-29-36-39(37)52-35-20-27-14-9-8-13-26(27)19-34(35)48(36)23-31(38(29)49)40(50)44-17-16-28-15-10-18-46(28)4/h5-9,11-14,19-21,23,28,30,33H,10,15-18,22,24H2,1-4H3,(H,44,50)(H,45,51)/t28?,30-,33+/m0/s1. The van der Waals surface area contributed by atoms with E-state index in [0.717, 1.165) is 42.1 Å². The third-order valence-electron chi connectivity index (χ3n) is 10.7. The highest BCUT2D eigenvalue weighted by molar-refractivity contribution is 6.02. The molecule has 11 heteroatoms. The van der Waals surface area contributed by atoms with Gasteiger partial charge in [-0.25, -0.2) is 9.18 Å². The molecule has 2 N–H and O–H groups in total. The number of pyridine rings is 1. The Kier molecular flexibility index (Phi) is 8.84. The molecule has 0 radical (unpaired) electrons. The quantitative estimate of drug-likeness (QED) is 0.182. The number of benzene rings is 4. The summed E-state index contributed by atoms with van der Waals surface area (Å²) in [5.74, 6) is -0.718. The summed E-state index contributed by atoms with van der Waals surface area (Å²) in [4.78, 5) is 45.0. The fourth-order valence-corrected chi connectivity index (χ4v) is 8.17. The molecule has 53 heavy (non-hydrogen) atoms. The van der Waals surface area contributed by atoms with Crippen LogP contribution in [0.2, 0.25) is 0 Å². The molecule has 3 aliphatic heterocycles. The molecular formula is C42H44FN5O5. The minimum absolute atomic E-state index is 0.0467. The maximum atomic E-state index is 16.8. The van der Waals surface area contributed by atoms with Crippen LogP contribution in [0.4, 0.5) is 14.9 Å². The number of carbonyl (C=O) groups is 2. The van der Waals surface area contributed by atoms with Gasteiger partial charge in [-0.1, -0.05) is 54.6 Å². The number of rotatable bonds is 7. The zero-order valence-electron chi connectivity index (χ0n) is 30.4. The van der Waals surface area contributed by atoms with E-state index in [2.05, 4.69) is 22.6 Å². The van der Waals surface area contributed by atoms with Gasteiger partial charge in [0.05, 0.1) is 17.1 Å². The summed E-state index contributed by atoms with van der Waals surface area (Å²) in [5.41, 5.74) is 0.832. The van der Waals surface area contributed by atoms with Gasteiger partial charge in [0.15, 0.2) is 17.3 Å². The summed E-state index contributed by atoms with van der Waals surface area (Å²) in [6.45, 7) is 7.48. The van der Waals surface area contributed by atoms with Gasteiger partial charge in [0, 0.05) is 37.8 Å². The number of likely N-dealkylation sites (tertiary alicyclic amines) is 1. The molecule has 1 unspecified atom stereocenters. The lowest BCUT2D eigenvalue weighted by Gasteiger charge is -2.29. The van der Waals surface area contributed by atoms with Crippen LogP contribution in [0.1, 0.15) is 61.9 Å². The van der Waals surface area contributed by atoms with Gasteiger partial charge in [0.2, 0.25) is 5.43 Å². The van der Waals surface area contributed by atoms with Crippen LogP contribution in [-0.2, 0) is 4.74 Å². The van der Waals surface area contributed by atoms with Crippen molar-refractivity contribution in [3.05, 3.63) is 106 Å². The normalized spacial score (nSPS) is 19.6. The molecule has 10 nitrogen and oxygen atoms in total. The molecule has 3 atom stereocenters. The fourth-order valence-electron chi connectivity index (χ4n) is 8.17. The number of nitrogens with one attached hydrogen (secondary N) is 2. The molecule has 0 spiro atoms. The van der Waals surface area contributed by atoms with Crippen LogP contribution in [-0.4, -0.2) is 72.4 Å². The van der Waals surface area contributed by atoms with E-state index in [1.807, 2.05) is 71.6 Å². The van der Waals surface area contributed by atoms with Gasteiger partial charge in [0.25, 0.3) is 5.91 Å². The molecule has 1 aromatic heterocycles. The number of carbonyl (C=O) groups excluding carboxylic acids is 2. The average molecular weight is 718 g/mol. The maximum absolute atomic E-state index is 16.8. The zero-order chi connectivity index (χ0) is 37.0. The number of ether oxygens (including phenoxy) is 2. The Bertz CT molecular complexity index is 2300. The van der Waals surface area contributed by atoms with E-state index in [1.54, 1.807) is 31.5 Å². The van der Waals surface area contributed by atoms with Crippen molar-refractivity contribution in [3.63, 3.8) is 0 Å². The summed E-state index contributed by atoms with van der Waals surface area (Å²) >= 11 is 0. The fraction of sp³-hybridized carbons (Fsp3) is 0.357. The second-order valence-electron chi connectivity index (χ2n) is 15.4. The first kappa shape index (κ1) is 34.7.